The lowest BCUT2D eigenvalue weighted by atomic mass is 9.96. The number of rotatable bonds is 3. The van der Waals surface area contributed by atoms with Crippen molar-refractivity contribution in [1.82, 2.24) is 15.1 Å². The maximum absolute atomic E-state index is 12.1. The van der Waals surface area contributed by atoms with Crippen molar-refractivity contribution in [3.63, 3.8) is 0 Å². The molecule has 0 fully saturated rings. The summed E-state index contributed by atoms with van der Waals surface area (Å²) >= 11 is 5.98. The second kappa shape index (κ2) is 7.49. The van der Waals surface area contributed by atoms with Gasteiger partial charge in [0.15, 0.2) is 0 Å². The molecule has 0 saturated carbocycles. The van der Waals surface area contributed by atoms with E-state index in [4.69, 9.17) is 11.6 Å². The molecule has 0 aromatic heterocycles. The Kier molecular flexibility index (Phi) is 5.06. The van der Waals surface area contributed by atoms with Gasteiger partial charge in [0.25, 0.3) is 0 Å². The first-order valence-corrected chi connectivity index (χ1v) is 9.87. The fourth-order valence-corrected chi connectivity index (χ4v) is 4.06. The number of halogens is 1. The first-order chi connectivity index (χ1) is 13.0. The molecule has 3 aliphatic rings. The summed E-state index contributed by atoms with van der Waals surface area (Å²) in [6.07, 6.45) is 6.25. The van der Waals surface area contributed by atoms with Gasteiger partial charge in [-0.25, -0.2) is 4.99 Å². The fraction of sp³-hybridized carbons (Fsp3) is 0.429. The molecule has 0 radical (unpaired) electrons. The molecule has 27 heavy (non-hydrogen) atoms. The predicted molar refractivity (Wildman–Crippen MR) is 109 cm³/mol. The zero-order chi connectivity index (χ0) is 19.0. The number of hydrogen-bond donors (Lipinski definition) is 1. The molecule has 3 heterocycles. The van der Waals surface area contributed by atoms with Gasteiger partial charge in [-0.15, -0.1) is 0 Å². The number of benzene rings is 1. The molecule has 0 aliphatic carbocycles. The second-order valence-electron chi connectivity index (χ2n) is 7.57. The van der Waals surface area contributed by atoms with E-state index in [0.29, 0.717) is 5.92 Å². The van der Waals surface area contributed by atoms with Crippen LogP contribution in [0.15, 0.2) is 46.9 Å². The topological polar surface area (TPSA) is 47.9 Å². The Bertz CT molecular complexity index is 827. The molecular weight excluding hydrogens is 360 g/mol. The van der Waals surface area contributed by atoms with Crippen LogP contribution in [-0.2, 0) is 4.79 Å². The van der Waals surface area contributed by atoms with Crippen LogP contribution in [0.4, 0.5) is 0 Å². The molecule has 1 aromatic carbocycles. The Morgan fingerprint density at radius 1 is 1.30 bits per heavy atom. The van der Waals surface area contributed by atoms with Gasteiger partial charge < -0.3 is 10.2 Å². The van der Waals surface area contributed by atoms with Crippen molar-refractivity contribution in [2.45, 2.75) is 25.8 Å². The van der Waals surface area contributed by atoms with Gasteiger partial charge in [-0.1, -0.05) is 29.8 Å². The van der Waals surface area contributed by atoms with Gasteiger partial charge in [-0.05, 0) is 36.6 Å². The molecule has 2 atom stereocenters. The summed E-state index contributed by atoms with van der Waals surface area (Å²) in [6.45, 7) is 4.84. The van der Waals surface area contributed by atoms with Crippen molar-refractivity contribution in [3.8, 4) is 0 Å². The van der Waals surface area contributed by atoms with E-state index in [0.717, 1.165) is 49.0 Å². The molecule has 142 valence electrons. The summed E-state index contributed by atoms with van der Waals surface area (Å²) in [5.41, 5.74) is 3.61. The van der Waals surface area contributed by atoms with E-state index in [1.165, 1.54) is 11.1 Å². The van der Waals surface area contributed by atoms with E-state index in [1.807, 2.05) is 31.0 Å². The molecule has 1 N–H and O–H groups in total. The van der Waals surface area contributed by atoms with Crippen LogP contribution in [0.25, 0.3) is 5.57 Å². The van der Waals surface area contributed by atoms with Crippen molar-refractivity contribution in [3.05, 3.63) is 52.4 Å². The highest BCUT2D eigenvalue weighted by Crippen LogP contribution is 2.28. The summed E-state index contributed by atoms with van der Waals surface area (Å²) in [4.78, 5) is 21.1. The highest BCUT2D eigenvalue weighted by Gasteiger charge is 2.32. The molecule has 1 aromatic rings. The van der Waals surface area contributed by atoms with Crippen LogP contribution in [0.3, 0.4) is 0 Å². The van der Waals surface area contributed by atoms with E-state index in [2.05, 4.69) is 39.6 Å². The highest BCUT2D eigenvalue weighted by molar-refractivity contribution is 6.30. The number of amides is 1. The first-order valence-electron chi connectivity index (χ1n) is 9.49. The van der Waals surface area contributed by atoms with E-state index in [-0.39, 0.29) is 11.9 Å². The SMILES string of the molecule is CC1C(=O)NC2=C(N=CC(CN3CC=C(c4ccc(Cl)cc4)CC3)C2)N1C. The summed E-state index contributed by atoms with van der Waals surface area (Å²) in [7, 11) is 1.93. The van der Waals surface area contributed by atoms with Crippen LogP contribution in [0.1, 0.15) is 25.3 Å². The number of hydrogen-bond acceptors (Lipinski definition) is 4. The van der Waals surface area contributed by atoms with Crippen molar-refractivity contribution in [2.24, 2.45) is 10.9 Å². The summed E-state index contributed by atoms with van der Waals surface area (Å²) in [5, 5.41) is 3.82. The van der Waals surface area contributed by atoms with Crippen LogP contribution >= 0.6 is 11.6 Å². The van der Waals surface area contributed by atoms with Crippen molar-refractivity contribution < 1.29 is 4.79 Å². The largest absolute Gasteiger partial charge is 0.346 e. The molecular formula is C21H25ClN4O. The summed E-state index contributed by atoms with van der Waals surface area (Å²) < 4.78 is 0. The monoisotopic (exact) mass is 384 g/mol. The quantitative estimate of drug-likeness (QED) is 0.870. The van der Waals surface area contributed by atoms with Gasteiger partial charge in [-0.2, -0.15) is 0 Å². The van der Waals surface area contributed by atoms with Gasteiger partial charge in [0, 0.05) is 50.3 Å². The Balaban J connectivity index is 1.37. The van der Waals surface area contributed by atoms with E-state index in [1.54, 1.807) is 0 Å². The van der Waals surface area contributed by atoms with E-state index < -0.39 is 0 Å². The lowest BCUT2D eigenvalue weighted by molar-refractivity contribution is -0.125. The smallest absolute Gasteiger partial charge is 0.246 e. The zero-order valence-corrected chi connectivity index (χ0v) is 16.5. The minimum Gasteiger partial charge on any atom is -0.346 e. The minimum absolute atomic E-state index is 0.0561. The molecule has 2 unspecified atom stereocenters. The predicted octanol–water partition coefficient (Wildman–Crippen LogP) is 3.14. The third-order valence-corrected chi connectivity index (χ3v) is 5.97. The van der Waals surface area contributed by atoms with Crippen molar-refractivity contribution >= 4 is 29.3 Å². The van der Waals surface area contributed by atoms with Crippen LogP contribution < -0.4 is 5.32 Å². The Morgan fingerprint density at radius 2 is 2.07 bits per heavy atom. The Hall–Kier alpha value is -2.11. The molecule has 4 rings (SSSR count). The number of carbonyl (C=O) groups is 1. The molecule has 1 amide bonds. The van der Waals surface area contributed by atoms with E-state index >= 15 is 0 Å². The number of likely N-dealkylation sites (N-methyl/N-ethyl adjacent to an activating group) is 1. The third-order valence-electron chi connectivity index (χ3n) is 5.71. The van der Waals surface area contributed by atoms with Crippen LogP contribution in [0, 0.1) is 5.92 Å². The van der Waals surface area contributed by atoms with Gasteiger partial charge in [0.2, 0.25) is 5.91 Å². The average molecular weight is 385 g/mol. The van der Waals surface area contributed by atoms with Crippen LogP contribution in [0.5, 0.6) is 0 Å². The summed E-state index contributed by atoms with van der Waals surface area (Å²) in [6, 6.07) is 7.91. The van der Waals surface area contributed by atoms with Crippen molar-refractivity contribution in [1.29, 1.82) is 0 Å². The number of aliphatic imine (C=N–C) groups is 1. The normalized spacial score (nSPS) is 26.0. The second-order valence-corrected chi connectivity index (χ2v) is 8.00. The first kappa shape index (κ1) is 18.3. The zero-order valence-electron chi connectivity index (χ0n) is 15.8. The van der Waals surface area contributed by atoms with Gasteiger partial charge in [-0.3, -0.25) is 9.69 Å². The molecule has 6 heteroatoms. The Morgan fingerprint density at radius 3 is 2.78 bits per heavy atom. The number of carbonyl (C=O) groups excluding carboxylic acids is 1. The average Bonchev–Trinajstić information content (AvgIpc) is 2.67. The van der Waals surface area contributed by atoms with E-state index in [9.17, 15) is 4.79 Å². The van der Waals surface area contributed by atoms with Gasteiger partial charge in [0.1, 0.15) is 11.9 Å². The molecule has 3 aliphatic heterocycles. The molecule has 0 bridgehead atoms. The molecule has 0 saturated heterocycles. The lowest BCUT2D eigenvalue weighted by Crippen LogP contribution is -2.49. The van der Waals surface area contributed by atoms with Gasteiger partial charge in [0.05, 0.1) is 5.70 Å². The standard InChI is InChI=1S/C21H25ClN4O/c1-14-21(27)24-19-11-15(12-23-20(19)25(14)2)13-26-9-7-17(8-10-26)16-3-5-18(22)6-4-16/h3-7,12,14-15H,8-11,13H2,1-2H3,(H,24,27). The highest BCUT2D eigenvalue weighted by atomic mass is 35.5. The number of nitrogens with zero attached hydrogens (tertiary/aromatic N) is 3. The molecule has 5 nitrogen and oxygen atoms in total. The van der Waals surface area contributed by atoms with Crippen molar-refractivity contribution in [2.75, 3.05) is 26.7 Å². The third kappa shape index (κ3) is 3.80. The fourth-order valence-electron chi connectivity index (χ4n) is 3.93. The Labute approximate surface area is 165 Å². The minimum atomic E-state index is -0.170. The summed E-state index contributed by atoms with van der Waals surface area (Å²) in [5.74, 6) is 1.29. The van der Waals surface area contributed by atoms with Gasteiger partial charge >= 0.3 is 0 Å². The maximum atomic E-state index is 12.1. The molecule has 0 spiro atoms. The number of nitrogens with one attached hydrogen (secondary N) is 1. The number of allylic oxidation sites excluding steroid dienone is 1. The maximum Gasteiger partial charge on any atom is 0.246 e. The van der Waals surface area contributed by atoms with Crippen LogP contribution in [0.2, 0.25) is 5.02 Å². The lowest BCUT2D eigenvalue weighted by Gasteiger charge is -2.37. The van der Waals surface area contributed by atoms with Crippen LogP contribution in [-0.4, -0.2) is 54.6 Å².